The molecule has 1 N–H and O–H groups in total. The van der Waals surface area contributed by atoms with Gasteiger partial charge in [0.1, 0.15) is 10.2 Å². The summed E-state index contributed by atoms with van der Waals surface area (Å²) in [6, 6.07) is 10.2. The maximum atomic E-state index is 12.9. The third-order valence-electron chi connectivity index (χ3n) is 3.36. The van der Waals surface area contributed by atoms with E-state index >= 15 is 0 Å². The van der Waals surface area contributed by atoms with Crippen LogP contribution in [-0.4, -0.2) is 15.9 Å². The Bertz CT molecular complexity index is 822. The molecule has 25 heavy (non-hydrogen) atoms. The molecule has 2 heterocycles. The van der Waals surface area contributed by atoms with Gasteiger partial charge in [-0.2, -0.15) is 0 Å². The number of aromatic nitrogens is 2. The zero-order valence-electron chi connectivity index (χ0n) is 13.3. The molecule has 0 aliphatic heterocycles. The molecule has 1 aromatic carbocycles. The highest BCUT2D eigenvalue weighted by molar-refractivity contribution is 8.00. The molecule has 0 unspecified atom stereocenters. The zero-order valence-corrected chi connectivity index (χ0v) is 14.9. The largest absolute Gasteiger partial charge is 0.352 e. The molecule has 0 saturated carbocycles. The van der Waals surface area contributed by atoms with Crippen LogP contribution in [0.2, 0.25) is 0 Å². The van der Waals surface area contributed by atoms with Crippen molar-refractivity contribution in [2.45, 2.75) is 23.1 Å². The van der Waals surface area contributed by atoms with Crippen molar-refractivity contribution >= 4 is 29.0 Å². The molecular formula is C18H16FN3OS2. The highest BCUT2D eigenvalue weighted by atomic mass is 32.2. The van der Waals surface area contributed by atoms with Gasteiger partial charge < -0.3 is 5.32 Å². The number of carbonyl (C=O) groups excluding carboxylic acids is 1. The van der Waals surface area contributed by atoms with Crippen molar-refractivity contribution in [2.75, 3.05) is 0 Å². The van der Waals surface area contributed by atoms with E-state index in [0.29, 0.717) is 6.54 Å². The third kappa shape index (κ3) is 5.65. The van der Waals surface area contributed by atoms with Crippen molar-refractivity contribution in [3.8, 4) is 0 Å². The first-order valence-corrected chi connectivity index (χ1v) is 9.53. The second-order valence-corrected chi connectivity index (χ2v) is 7.42. The summed E-state index contributed by atoms with van der Waals surface area (Å²) in [5.41, 5.74) is 2.76. The molecule has 0 aliphatic rings. The molecule has 2 aromatic heterocycles. The zero-order chi connectivity index (χ0) is 17.5. The van der Waals surface area contributed by atoms with Crippen molar-refractivity contribution < 1.29 is 9.18 Å². The van der Waals surface area contributed by atoms with E-state index in [4.69, 9.17) is 0 Å². The van der Waals surface area contributed by atoms with Gasteiger partial charge in [0.15, 0.2) is 0 Å². The minimum atomic E-state index is -0.234. The molecule has 0 atom stereocenters. The van der Waals surface area contributed by atoms with Crippen LogP contribution in [0.25, 0.3) is 0 Å². The summed E-state index contributed by atoms with van der Waals surface area (Å²) in [5, 5.41) is 4.76. The lowest BCUT2D eigenvalue weighted by molar-refractivity contribution is -0.120. The van der Waals surface area contributed by atoms with Gasteiger partial charge in [-0.15, -0.1) is 11.3 Å². The van der Waals surface area contributed by atoms with Crippen LogP contribution in [0.1, 0.15) is 16.8 Å². The molecule has 0 saturated heterocycles. The summed E-state index contributed by atoms with van der Waals surface area (Å²) in [4.78, 5) is 20.5. The quantitative estimate of drug-likeness (QED) is 0.640. The van der Waals surface area contributed by atoms with Gasteiger partial charge in [-0.25, -0.2) is 9.37 Å². The summed E-state index contributed by atoms with van der Waals surface area (Å²) in [7, 11) is 0. The number of hydrogen-bond donors (Lipinski definition) is 1. The van der Waals surface area contributed by atoms with E-state index in [9.17, 15) is 9.18 Å². The van der Waals surface area contributed by atoms with Crippen LogP contribution in [-0.2, 0) is 23.5 Å². The number of amides is 1. The number of benzene rings is 1. The molecule has 0 fully saturated rings. The van der Waals surface area contributed by atoms with Crippen molar-refractivity contribution in [3.05, 3.63) is 76.8 Å². The second-order valence-electron chi connectivity index (χ2n) is 5.33. The normalized spacial score (nSPS) is 10.6. The highest BCUT2D eigenvalue weighted by Gasteiger charge is 2.08. The molecule has 1 amide bonds. The van der Waals surface area contributed by atoms with E-state index in [1.807, 2.05) is 17.5 Å². The molecule has 7 heteroatoms. The van der Waals surface area contributed by atoms with E-state index in [-0.39, 0.29) is 18.1 Å². The fraction of sp³-hybridized carbons (Fsp3) is 0.167. The molecule has 3 aromatic rings. The number of thioether (sulfide) groups is 1. The van der Waals surface area contributed by atoms with Crippen molar-refractivity contribution in [3.63, 3.8) is 0 Å². The standard InChI is InChI=1S/C18H16FN3OS2/c19-15-5-3-13(4-6-15)11-24-18-22-16(12-25-18)8-17(23)21-10-14-2-1-7-20-9-14/h1-7,9,12H,8,10-11H2,(H,21,23). The van der Waals surface area contributed by atoms with Gasteiger partial charge in [0.2, 0.25) is 5.91 Å². The molecule has 0 bridgehead atoms. The summed E-state index contributed by atoms with van der Waals surface area (Å²) >= 11 is 3.10. The lowest BCUT2D eigenvalue weighted by Gasteiger charge is -2.03. The first-order chi connectivity index (χ1) is 12.2. The van der Waals surface area contributed by atoms with E-state index in [0.717, 1.165) is 26.9 Å². The van der Waals surface area contributed by atoms with Gasteiger partial charge in [0.25, 0.3) is 0 Å². The van der Waals surface area contributed by atoms with Crippen LogP contribution in [0.15, 0.2) is 58.5 Å². The lowest BCUT2D eigenvalue weighted by atomic mass is 10.2. The van der Waals surface area contributed by atoms with Crippen LogP contribution < -0.4 is 5.32 Å². The molecule has 0 radical (unpaired) electrons. The number of nitrogens with zero attached hydrogens (tertiary/aromatic N) is 2. The Kier molecular flexibility index (Phi) is 6.14. The lowest BCUT2D eigenvalue weighted by Crippen LogP contribution is -2.24. The summed E-state index contributed by atoms with van der Waals surface area (Å²) < 4.78 is 13.8. The summed E-state index contributed by atoms with van der Waals surface area (Å²) in [6.45, 7) is 0.461. The molecule has 128 valence electrons. The van der Waals surface area contributed by atoms with Gasteiger partial charge in [-0.1, -0.05) is 30.0 Å². The predicted molar refractivity (Wildman–Crippen MR) is 97.9 cm³/mol. The van der Waals surface area contributed by atoms with E-state index in [1.54, 1.807) is 36.3 Å². The fourth-order valence-corrected chi connectivity index (χ4v) is 3.89. The minimum Gasteiger partial charge on any atom is -0.352 e. The molecule has 0 aliphatic carbocycles. The topological polar surface area (TPSA) is 54.9 Å². The van der Waals surface area contributed by atoms with Crippen LogP contribution >= 0.6 is 23.1 Å². The Morgan fingerprint density at radius 3 is 2.80 bits per heavy atom. The van der Waals surface area contributed by atoms with E-state index in [1.165, 1.54) is 23.5 Å². The average Bonchev–Trinajstić information content (AvgIpc) is 3.08. The number of hydrogen-bond acceptors (Lipinski definition) is 5. The highest BCUT2D eigenvalue weighted by Crippen LogP contribution is 2.26. The van der Waals surface area contributed by atoms with Gasteiger partial charge >= 0.3 is 0 Å². The Hall–Kier alpha value is -2.25. The Morgan fingerprint density at radius 1 is 1.20 bits per heavy atom. The van der Waals surface area contributed by atoms with E-state index in [2.05, 4.69) is 15.3 Å². The van der Waals surface area contributed by atoms with Gasteiger partial charge in [0, 0.05) is 30.1 Å². The Balaban J connectivity index is 1.46. The first-order valence-electron chi connectivity index (χ1n) is 7.66. The fourth-order valence-electron chi connectivity index (χ4n) is 2.09. The van der Waals surface area contributed by atoms with Crippen LogP contribution in [0.4, 0.5) is 4.39 Å². The van der Waals surface area contributed by atoms with Crippen molar-refractivity contribution in [1.29, 1.82) is 0 Å². The number of pyridine rings is 1. The summed E-state index contributed by atoms with van der Waals surface area (Å²) in [6.07, 6.45) is 3.69. The molecular weight excluding hydrogens is 357 g/mol. The monoisotopic (exact) mass is 373 g/mol. The number of rotatable bonds is 7. The van der Waals surface area contributed by atoms with Crippen molar-refractivity contribution in [1.82, 2.24) is 15.3 Å². The number of nitrogens with one attached hydrogen (secondary N) is 1. The van der Waals surface area contributed by atoms with E-state index < -0.39 is 0 Å². The maximum Gasteiger partial charge on any atom is 0.226 e. The minimum absolute atomic E-state index is 0.0655. The first kappa shape index (κ1) is 17.6. The Morgan fingerprint density at radius 2 is 2.04 bits per heavy atom. The molecule has 0 spiro atoms. The number of halogens is 1. The van der Waals surface area contributed by atoms with Gasteiger partial charge in [-0.3, -0.25) is 9.78 Å². The number of carbonyl (C=O) groups is 1. The van der Waals surface area contributed by atoms with Crippen molar-refractivity contribution in [2.24, 2.45) is 0 Å². The molecule has 3 rings (SSSR count). The SMILES string of the molecule is O=C(Cc1csc(SCc2ccc(F)cc2)n1)NCc1cccnc1. The summed E-state index contributed by atoms with van der Waals surface area (Å²) in [5.74, 6) is 0.423. The van der Waals surface area contributed by atoms with Gasteiger partial charge in [0.05, 0.1) is 12.1 Å². The Labute approximate surface area is 153 Å². The van der Waals surface area contributed by atoms with Crippen LogP contribution in [0.3, 0.4) is 0 Å². The average molecular weight is 373 g/mol. The third-order valence-corrected chi connectivity index (χ3v) is 5.50. The second kappa shape index (κ2) is 8.73. The molecule has 4 nitrogen and oxygen atoms in total. The van der Waals surface area contributed by atoms with Crippen LogP contribution in [0, 0.1) is 5.82 Å². The maximum absolute atomic E-state index is 12.9. The number of thiazole rings is 1. The predicted octanol–water partition coefficient (Wildman–Crippen LogP) is 3.83. The van der Waals surface area contributed by atoms with Crippen LogP contribution in [0.5, 0.6) is 0 Å². The van der Waals surface area contributed by atoms with Gasteiger partial charge in [-0.05, 0) is 29.3 Å². The smallest absolute Gasteiger partial charge is 0.226 e.